The fourth-order valence-corrected chi connectivity index (χ4v) is 4.11. The van der Waals surface area contributed by atoms with E-state index in [1.165, 1.54) is 0 Å². The molecule has 0 radical (unpaired) electrons. The van der Waals surface area contributed by atoms with Crippen molar-refractivity contribution in [1.29, 1.82) is 0 Å². The number of carbonyl (C=O) groups excluding carboxylic acids is 1. The van der Waals surface area contributed by atoms with E-state index in [0.717, 1.165) is 16.3 Å². The summed E-state index contributed by atoms with van der Waals surface area (Å²) in [6, 6.07) is 5.94. The number of rotatable bonds is 5. The lowest BCUT2D eigenvalue weighted by Crippen LogP contribution is -2.48. The summed E-state index contributed by atoms with van der Waals surface area (Å²) in [7, 11) is 0. The average Bonchev–Trinajstić information content (AvgIpc) is 3.17. The van der Waals surface area contributed by atoms with Gasteiger partial charge in [-0.3, -0.25) is 4.79 Å². The fourth-order valence-electron chi connectivity index (χ4n) is 2.63. The van der Waals surface area contributed by atoms with Crippen LogP contribution in [0.3, 0.4) is 0 Å². The highest BCUT2D eigenvalue weighted by Gasteiger charge is 2.25. The Balaban J connectivity index is 1.47. The standard InChI is InChI=1S/C16H20N2O3S2/c1-11-7-18(8-12(2)20-11)16(19)10-22-9-13-6-14(21-17-13)15-4-3-5-23-15/h3-6,11-12H,7-10H2,1-2H3/t11-,12+. The van der Waals surface area contributed by atoms with Gasteiger partial charge in [0.25, 0.3) is 0 Å². The summed E-state index contributed by atoms with van der Waals surface area (Å²) < 4.78 is 11.0. The molecule has 1 fully saturated rings. The van der Waals surface area contributed by atoms with Crippen LogP contribution in [-0.4, -0.2) is 47.0 Å². The van der Waals surface area contributed by atoms with Crippen LogP contribution in [0.2, 0.25) is 0 Å². The Morgan fingerprint density at radius 1 is 1.43 bits per heavy atom. The van der Waals surface area contributed by atoms with Gasteiger partial charge in [0.15, 0.2) is 5.76 Å². The molecule has 0 aromatic carbocycles. The summed E-state index contributed by atoms with van der Waals surface area (Å²) >= 11 is 3.19. The van der Waals surface area contributed by atoms with Gasteiger partial charge in [-0.2, -0.15) is 0 Å². The third-order valence-corrected chi connectivity index (χ3v) is 5.41. The van der Waals surface area contributed by atoms with Crippen LogP contribution in [0, 0.1) is 0 Å². The minimum atomic E-state index is 0.108. The summed E-state index contributed by atoms with van der Waals surface area (Å²) in [4.78, 5) is 15.2. The first-order valence-electron chi connectivity index (χ1n) is 7.62. The Morgan fingerprint density at radius 2 is 2.22 bits per heavy atom. The van der Waals surface area contributed by atoms with Crippen LogP contribution in [0.4, 0.5) is 0 Å². The van der Waals surface area contributed by atoms with Crippen LogP contribution in [0.15, 0.2) is 28.1 Å². The topological polar surface area (TPSA) is 55.6 Å². The van der Waals surface area contributed by atoms with Gasteiger partial charge in [-0.05, 0) is 25.3 Å². The molecule has 0 unspecified atom stereocenters. The first-order valence-corrected chi connectivity index (χ1v) is 9.65. The van der Waals surface area contributed by atoms with Gasteiger partial charge in [-0.25, -0.2) is 0 Å². The van der Waals surface area contributed by atoms with Crippen molar-refractivity contribution in [2.24, 2.45) is 0 Å². The number of hydrogen-bond acceptors (Lipinski definition) is 6. The molecule has 0 spiro atoms. The van der Waals surface area contributed by atoms with Crippen LogP contribution in [0.5, 0.6) is 0 Å². The second kappa shape index (κ2) is 7.51. The second-order valence-corrected chi connectivity index (χ2v) is 7.64. The molecule has 124 valence electrons. The predicted molar refractivity (Wildman–Crippen MR) is 92.6 cm³/mol. The zero-order chi connectivity index (χ0) is 16.2. The number of carbonyl (C=O) groups is 1. The van der Waals surface area contributed by atoms with Gasteiger partial charge < -0.3 is 14.2 Å². The molecule has 3 heterocycles. The quantitative estimate of drug-likeness (QED) is 0.827. The van der Waals surface area contributed by atoms with E-state index in [0.29, 0.717) is 24.6 Å². The molecule has 3 rings (SSSR count). The lowest BCUT2D eigenvalue weighted by Gasteiger charge is -2.35. The SMILES string of the molecule is C[C@@H]1CN(C(=O)CSCc2cc(-c3cccs3)on2)C[C@H](C)O1. The van der Waals surface area contributed by atoms with Crippen molar-refractivity contribution in [2.75, 3.05) is 18.8 Å². The summed E-state index contributed by atoms with van der Waals surface area (Å²) in [5.41, 5.74) is 0.870. The van der Waals surface area contributed by atoms with E-state index in [2.05, 4.69) is 5.16 Å². The number of thioether (sulfide) groups is 1. The molecule has 0 bridgehead atoms. The number of amides is 1. The number of morpholine rings is 1. The smallest absolute Gasteiger partial charge is 0.232 e. The Kier molecular flexibility index (Phi) is 5.40. The van der Waals surface area contributed by atoms with Gasteiger partial charge in [0.1, 0.15) is 0 Å². The van der Waals surface area contributed by atoms with Crippen molar-refractivity contribution < 1.29 is 14.1 Å². The highest BCUT2D eigenvalue weighted by atomic mass is 32.2. The fraction of sp³-hybridized carbons (Fsp3) is 0.500. The summed E-state index contributed by atoms with van der Waals surface area (Å²) in [6.45, 7) is 5.36. The van der Waals surface area contributed by atoms with Crippen molar-refractivity contribution >= 4 is 29.0 Å². The molecule has 0 saturated carbocycles. The first-order chi connectivity index (χ1) is 11.1. The van der Waals surface area contributed by atoms with Crippen molar-refractivity contribution in [3.63, 3.8) is 0 Å². The van der Waals surface area contributed by atoms with E-state index in [9.17, 15) is 4.79 Å². The van der Waals surface area contributed by atoms with E-state index < -0.39 is 0 Å². The van der Waals surface area contributed by atoms with E-state index in [1.54, 1.807) is 23.1 Å². The number of thiophene rings is 1. The molecule has 1 aliphatic heterocycles. The molecule has 23 heavy (non-hydrogen) atoms. The minimum Gasteiger partial charge on any atom is -0.372 e. The van der Waals surface area contributed by atoms with Crippen molar-refractivity contribution in [2.45, 2.75) is 31.8 Å². The van der Waals surface area contributed by atoms with Crippen molar-refractivity contribution in [1.82, 2.24) is 10.1 Å². The second-order valence-electron chi connectivity index (χ2n) is 5.71. The summed E-state index contributed by atoms with van der Waals surface area (Å²) in [5.74, 6) is 2.09. The predicted octanol–water partition coefficient (Wildman–Crippen LogP) is 3.27. The molecule has 1 amide bonds. The zero-order valence-corrected chi connectivity index (χ0v) is 14.9. The Labute approximate surface area is 144 Å². The number of ether oxygens (including phenoxy) is 1. The lowest BCUT2D eigenvalue weighted by atomic mass is 10.2. The van der Waals surface area contributed by atoms with Gasteiger partial charge in [0.05, 0.1) is 28.5 Å². The van der Waals surface area contributed by atoms with Crippen LogP contribution in [0.25, 0.3) is 10.6 Å². The Bertz CT molecular complexity index is 632. The zero-order valence-electron chi connectivity index (χ0n) is 13.2. The minimum absolute atomic E-state index is 0.108. The highest BCUT2D eigenvalue weighted by Crippen LogP contribution is 2.26. The molecule has 1 aliphatic rings. The maximum Gasteiger partial charge on any atom is 0.232 e. The van der Waals surface area contributed by atoms with Gasteiger partial charge in [-0.15, -0.1) is 23.1 Å². The Morgan fingerprint density at radius 3 is 2.91 bits per heavy atom. The van der Waals surface area contributed by atoms with Crippen LogP contribution < -0.4 is 0 Å². The number of nitrogens with zero attached hydrogens (tertiary/aromatic N) is 2. The molecule has 0 aliphatic carbocycles. The van der Waals surface area contributed by atoms with Gasteiger partial charge in [0.2, 0.25) is 5.91 Å². The van der Waals surface area contributed by atoms with Crippen LogP contribution in [0.1, 0.15) is 19.5 Å². The maximum absolute atomic E-state index is 12.3. The van der Waals surface area contributed by atoms with E-state index >= 15 is 0 Å². The van der Waals surface area contributed by atoms with Gasteiger partial charge in [-0.1, -0.05) is 11.2 Å². The Hall–Kier alpha value is -1.31. The van der Waals surface area contributed by atoms with Crippen molar-refractivity contribution in [3.8, 4) is 10.6 Å². The average molecular weight is 352 g/mol. The third kappa shape index (κ3) is 4.37. The molecule has 1 saturated heterocycles. The van der Waals surface area contributed by atoms with Gasteiger partial charge in [0, 0.05) is 24.9 Å². The molecule has 2 atom stereocenters. The van der Waals surface area contributed by atoms with E-state index in [1.807, 2.05) is 42.3 Å². The molecule has 0 N–H and O–H groups in total. The number of aromatic nitrogens is 1. The molecular weight excluding hydrogens is 332 g/mol. The molecule has 5 nitrogen and oxygen atoms in total. The molecular formula is C16H20N2O3S2. The maximum atomic E-state index is 12.3. The number of hydrogen-bond donors (Lipinski definition) is 0. The lowest BCUT2D eigenvalue weighted by molar-refractivity contribution is -0.140. The largest absolute Gasteiger partial charge is 0.372 e. The van der Waals surface area contributed by atoms with Crippen LogP contribution >= 0.6 is 23.1 Å². The van der Waals surface area contributed by atoms with E-state index in [-0.39, 0.29) is 18.1 Å². The highest BCUT2D eigenvalue weighted by molar-refractivity contribution is 7.99. The molecule has 7 heteroatoms. The van der Waals surface area contributed by atoms with E-state index in [4.69, 9.17) is 9.26 Å². The van der Waals surface area contributed by atoms with Crippen LogP contribution in [-0.2, 0) is 15.3 Å². The normalized spacial score (nSPS) is 21.6. The molecule has 2 aromatic heterocycles. The summed E-state index contributed by atoms with van der Waals surface area (Å²) in [5, 5.41) is 6.08. The molecule has 2 aromatic rings. The monoisotopic (exact) mass is 352 g/mol. The first kappa shape index (κ1) is 16.5. The summed E-state index contributed by atoms with van der Waals surface area (Å²) in [6.07, 6.45) is 0.216. The van der Waals surface area contributed by atoms with Crippen molar-refractivity contribution in [3.05, 3.63) is 29.3 Å². The third-order valence-electron chi connectivity index (χ3n) is 3.57. The van der Waals surface area contributed by atoms with Gasteiger partial charge >= 0.3 is 0 Å².